The maximum absolute atomic E-state index is 11.7. The number of carboxylic acid groups (broad SMARTS) is 1. The molecule has 3 aromatic rings. The molecule has 0 aliphatic rings. The molecule has 0 radical (unpaired) electrons. The maximum Gasteiger partial charge on any atom is 0.372 e. The number of carbonyl (C=O) groups is 3. The van der Waals surface area contributed by atoms with Crippen LogP contribution in [0, 0.1) is 0 Å². The zero-order chi connectivity index (χ0) is 22.5. The fourth-order valence-electron chi connectivity index (χ4n) is 2.90. The average molecular weight is 437 g/mol. The standard InChI is InChI=1S/C14H16O4.C12H9Cl/c15-12(11-7-3-1-4-8-11)9-5-2-6-10-13(16)14(17)18;13-12-8-6-11(7-9-12)10-4-2-1-3-5-10/h1,3-4,7-8H,2,5-6,9-10H2,(H,17,18);1-9H. The molecule has 0 aliphatic heterocycles. The van der Waals surface area contributed by atoms with Crippen molar-refractivity contribution in [1.82, 2.24) is 0 Å². The number of aliphatic carboxylic acids is 1. The largest absolute Gasteiger partial charge is 0.476 e. The average Bonchev–Trinajstić information content (AvgIpc) is 2.80. The van der Waals surface area contributed by atoms with Crippen molar-refractivity contribution in [3.8, 4) is 11.1 Å². The summed E-state index contributed by atoms with van der Waals surface area (Å²) in [6.45, 7) is 0. The topological polar surface area (TPSA) is 71.4 Å². The number of rotatable bonds is 9. The van der Waals surface area contributed by atoms with E-state index in [2.05, 4.69) is 12.1 Å². The molecule has 1 N–H and O–H groups in total. The normalized spacial score (nSPS) is 9.97. The Morgan fingerprint density at radius 3 is 1.74 bits per heavy atom. The third-order valence-corrected chi connectivity index (χ3v) is 4.85. The predicted molar refractivity (Wildman–Crippen MR) is 123 cm³/mol. The van der Waals surface area contributed by atoms with E-state index in [9.17, 15) is 14.4 Å². The molecular formula is C26H25ClO4. The minimum absolute atomic E-state index is 0.0505. The monoisotopic (exact) mass is 436 g/mol. The number of carboxylic acids is 1. The van der Waals surface area contributed by atoms with Crippen LogP contribution in [0.15, 0.2) is 84.9 Å². The highest BCUT2D eigenvalue weighted by Gasteiger charge is 2.10. The molecule has 0 amide bonds. The van der Waals surface area contributed by atoms with Gasteiger partial charge in [0.1, 0.15) is 0 Å². The number of carbonyl (C=O) groups excluding carboxylic acids is 2. The van der Waals surface area contributed by atoms with E-state index in [0.29, 0.717) is 31.2 Å². The first-order valence-electron chi connectivity index (χ1n) is 10.1. The van der Waals surface area contributed by atoms with Gasteiger partial charge in [0, 0.05) is 23.4 Å². The molecule has 0 aliphatic carbocycles. The fraction of sp³-hybridized carbons (Fsp3) is 0.192. The van der Waals surface area contributed by atoms with E-state index < -0.39 is 11.8 Å². The number of hydrogen-bond acceptors (Lipinski definition) is 3. The summed E-state index contributed by atoms with van der Waals surface area (Å²) in [6.07, 6.45) is 2.38. The molecule has 0 saturated carbocycles. The van der Waals surface area contributed by atoms with Crippen molar-refractivity contribution in [3.63, 3.8) is 0 Å². The van der Waals surface area contributed by atoms with E-state index in [-0.39, 0.29) is 12.2 Å². The second-order valence-corrected chi connectivity index (χ2v) is 7.39. The summed E-state index contributed by atoms with van der Waals surface area (Å²) in [7, 11) is 0. The van der Waals surface area contributed by atoms with Crippen LogP contribution < -0.4 is 0 Å². The molecule has 4 nitrogen and oxygen atoms in total. The molecule has 160 valence electrons. The Labute approximate surface area is 187 Å². The van der Waals surface area contributed by atoms with Gasteiger partial charge >= 0.3 is 5.97 Å². The molecule has 0 heterocycles. The quantitative estimate of drug-likeness (QED) is 0.236. The van der Waals surface area contributed by atoms with E-state index in [1.54, 1.807) is 12.1 Å². The van der Waals surface area contributed by atoms with Gasteiger partial charge in [0.2, 0.25) is 5.78 Å². The Morgan fingerprint density at radius 1 is 0.645 bits per heavy atom. The Bertz CT molecular complexity index is 967. The van der Waals surface area contributed by atoms with Crippen molar-refractivity contribution < 1.29 is 19.5 Å². The maximum atomic E-state index is 11.7. The third kappa shape index (κ3) is 8.97. The van der Waals surface area contributed by atoms with Crippen LogP contribution in [0.3, 0.4) is 0 Å². The van der Waals surface area contributed by atoms with Crippen molar-refractivity contribution in [1.29, 1.82) is 0 Å². The first kappa shape index (κ1) is 24.0. The Kier molecular flexibility index (Phi) is 10.2. The number of hydrogen-bond donors (Lipinski definition) is 1. The minimum atomic E-state index is -1.38. The molecule has 0 bridgehead atoms. The Hall–Kier alpha value is -3.24. The van der Waals surface area contributed by atoms with Crippen LogP contribution in [0.25, 0.3) is 11.1 Å². The van der Waals surface area contributed by atoms with E-state index in [4.69, 9.17) is 16.7 Å². The van der Waals surface area contributed by atoms with Crippen LogP contribution in [0.5, 0.6) is 0 Å². The smallest absolute Gasteiger partial charge is 0.372 e. The zero-order valence-corrected chi connectivity index (χ0v) is 17.9. The van der Waals surface area contributed by atoms with Crippen LogP contribution in [0.4, 0.5) is 0 Å². The molecule has 3 aromatic carbocycles. The summed E-state index contributed by atoms with van der Waals surface area (Å²) in [5, 5.41) is 9.15. The molecule has 5 heteroatoms. The molecule has 0 unspecified atom stereocenters. The van der Waals surface area contributed by atoms with Gasteiger partial charge in [0.15, 0.2) is 5.78 Å². The molecule has 0 spiro atoms. The summed E-state index contributed by atoms with van der Waals surface area (Å²) < 4.78 is 0. The van der Waals surface area contributed by atoms with Gasteiger partial charge in [0.05, 0.1) is 0 Å². The molecule has 31 heavy (non-hydrogen) atoms. The van der Waals surface area contributed by atoms with Crippen molar-refractivity contribution >= 4 is 29.1 Å². The van der Waals surface area contributed by atoms with Crippen LogP contribution in [0.2, 0.25) is 5.02 Å². The highest BCUT2D eigenvalue weighted by molar-refractivity contribution is 6.32. The van der Waals surface area contributed by atoms with Gasteiger partial charge in [-0.1, -0.05) is 90.8 Å². The van der Waals surface area contributed by atoms with Crippen molar-refractivity contribution in [2.24, 2.45) is 0 Å². The van der Waals surface area contributed by atoms with E-state index in [1.807, 2.05) is 60.7 Å². The van der Waals surface area contributed by atoms with Gasteiger partial charge in [0.25, 0.3) is 0 Å². The van der Waals surface area contributed by atoms with Gasteiger partial charge in [-0.05, 0) is 36.1 Å². The summed E-state index contributed by atoms with van der Waals surface area (Å²) in [6, 6.07) is 27.2. The van der Waals surface area contributed by atoms with E-state index >= 15 is 0 Å². The lowest BCUT2D eigenvalue weighted by atomic mass is 10.0. The summed E-state index contributed by atoms with van der Waals surface area (Å²) in [5.41, 5.74) is 3.11. The third-order valence-electron chi connectivity index (χ3n) is 4.59. The SMILES string of the molecule is Clc1ccc(-c2ccccc2)cc1.O=C(O)C(=O)CCCCCC(=O)c1ccccc1. The molecular weight excluding hydrogens is 412 g/mol. The van der Waals surface area contributed by atoms with Crippen molar-refractivity contribution in [3.05, 3.63) is 95.5 Å². The van der Waals surface area contributed by atoms with Crippen molar-refractivity contribution in [2.75, 3.05) is 0 Å². The van der Waals surface area contributed by atoms with Gasteiger partial charge in [-0.2, -0.15) is 0 Å². The molecule has 3 rings (SSSR count). The molecule has 0 fully saturated rings. The summed E-state index contributed by atoms with van der Waals surface area (Å²) in [4.78, 5) is 32.7. The lowest BCUT2D eigenvalue weighted by Gasteiger charge is -2.00. The van der Waals surface area contributed by atoms with Crippen LogP contribution in [-0.2, 0) is 9.59 Å². The van der Waals surface area contributed by atoms with Gasteiger partial charge in [-0.25, -0.2) is 4.79 Å². The molecule has 0 atom stereocenters. The second-order valence-electron chi connectivity index (χ2n) is 6.95. The van der Waals surface area contributed by atoms with E-state index in [1.165, 1.54) is 11.1 Å². The number of halogens is 1. The first-order valence-corrected chi connectivity index (χ1v) is 10.5. The second kappa shape index (κ2) is 13.1. The van der Waals surface area contributed by atoms with Gasteiger partial charge in [-0.15, -0.1) is 0 Å². The summed E-state index contributed by atoms with van der Waals surface area (Å²) >= 11 is 5.80. The molecule has 0 aromatic heterocycles. The number of Topliss-reactive ketones (excluding diaryl/α,β-unsaturated/α-hetero) is 2. The van der Waals surface area contributed by atoms with Gasteiger partial charge in [-0.3, -0.25) is 9.59 Å². The van der Waals surface area contributed by atoms with Crippen LogP contribution in [0.1, 0.15) is 42.5 Å². The fourth-order valence-corrected chi connectivity index (χ4v) is 3.02. The number of unbranched alkanes of at least 4 members (excludes halogenated alkanes) is 2. The lowest BCUT2D eigenvalue weighted by Crippen LogP contribution is -2.11. The first-order chi connectivity index (χ1) is 15.0. The summed E-state index contributed by atoms with van der Waals surface area (Å²) in [5.74, 6) is -2.06. The molecule has 0 saturated heterocycles. The van der Waals surface area contributed by atoms with Crippen LogP contribution in [-0.4, -0.2) is 22.6 Å². The number of ketones is 2. The van der Waals surface area contributed by atoms with Crippen LogP contribution >= 0.6 is 11.6 Å². The highest BCUT2D eigenvalue weighted by Crippen LogP contribution is 2.20. The predicted octanol–water partition coefficient (Wildman–Crippen LogP) is 6.48. The number of benzene rings is 3. The minimum Gasteiger partial charge on any atom is -0.476 e. The Balaban J connectivity index is 0.000000231. The van der Waals surface area contributed by atoms with E-state index in [0.717, 1.165) is 5.02 Å². The highest BCUT2D eigenvalue weighted by atomic mass is 35.5. The zero-order valence-electron chi connectivity index (χ0n) is 17.2. The van der Waals surface area contributed by atoms with Gasteiger partial charge < -0.3 is 5.11 Å². The van der Waals surface area contributed by atoms with Crippen molar-refractivity contribution in [2.45, 2.75) is 32.1 Å². The lowest BCUT2D eigenvalue weighted by molar-refractivity contribution is -0.149. The Morgan fingerprint density at radius 2 is 1.16 bits per heavy atom.